The molecule has 0 aliphatic heterocycles. The van der Waals surface area contributed by atoms with Crippen LogP contribution in [0.4, 0.5) is 5.69 Å². The lowest BCUT2D eigenvalue weighted by Gasteiger charge is -2.07. The minimum Gasteiger partial charge on any atom is -0.325 e. The summed E-state index contributed by atoms with van der Waals surface area (Å²) in [6, 6.07) is 13.8. The van der Waals surface area contributed by atoms with Gasteiger partial charge in [0.15, 0.2) is 0 Å². The van der Waals surface area contributed by atoms with Crippen LogP contribution < -0.4 is 16.2 Å². The van der Waals surface area contributed by atoms with Crippen LogP contribution in [0.15, 0.2) is 54.6 Å². The fraction of sp³-hybridized carbons (Fsp3) is 0.105. The van der Waals surface area contributed by atoms with Gasteiger partial charge in [-0.1, -0.05) is 53.5 Å². The van der Waals surface area contributed by atoms with Gasteiger partial charge in [0, 0.05) is 23.9 Å². The normalized spacial score (nSPS) is 10.4. The van der Waals surface area contributed by atoms with Gasteiger partial charge in [-0.3, -0.25) is 25.2 Å². The average molecular weight is 406 g/mol. The molecule has 0 saturated carbocycles. The maximum atomic E-state index is 11.8. The van der Waals surface area contributed by atoms with E-state index in [1.54, 1.807) is 48.5 Å². The second-order valence-corrected chi connectivity index (χ2v) is 6.23. The van der Waals surface area contributed by atoms with Crippen molar-refractivity contribution < 1.29 is 14.4 Å². The van der Waals surface area contributed by atoms with Gasteiger partial charge in [0.1, 0.15) is 0 Å². The number of hydrazine groups is 1. The summed E-state index contributed by atoms with van der Waals surface area (Å²) < 4.78 is 0. The Morgan fingerprint density at radius 2 is 1.44 bits per heavy atom. The zero-order chi connectivity index (χ0) is 19.6. The smallest absolute Gasteiger partial charge is 0.262 e. The van der Waals surface area contributed by atoms with Crippen LogP contribution in [0, 0.1) is 0 Å². The fourth-order valence-electron chi connectivity index (χ4n) is 2.01. The molecule has 0 aliphatic carbocycles. The van der Waals surface area contributed by atoms with E-state index in [1.165, 1.54) is 12.2 Å². The van der Waals surface area contributed by atoms with Crippen LogP contribution in [0.25, 0.3) is 6.08 Å². The minimum atomic E-state index is -0.524. The van der Waals surface area contributed by atoms with Gasteiger partial charge in [-0.2, -0.15) is 0 Å². The number of anilines is 1. The summed E-state index contributed by atoms with van der Waals surface area (Å²) in [5.41, 5.74) is 5.62. The van der Waals surface area contributed by atoms with Crippen molar-refractivity contribution in [1.82, 2.24) is 10.9 Å². The number of rotatable bonds is 6. The van der Waals surface area contributed by atoms with Crippen molar-refractivity contribution in [3.63, 3.8) is 0 Å². The fourth-order valence-corrected chi connectivity index (χ4v) is 2.40. The summed E-state index contributed by atoms with van der Waals surface area (Å²) in [6.45, 7) is 0. The van der Waals surface area contributed by atoms with E-state index in [1.807, 2.05) is 0 Å². The van der Waals surface area contributed by atoms with Crippen LogP contribution >= 0.6 is 23.2 Å². The predicted molar refractivity (Wildman–Crippen MR) is 106 cm³/mol. The highest BCUT2D eigenvalue weighted by molar-refractivity contribution is 6.33. The van der Waals surface area contributed by atoms with E-state index in [0.29, 0.717) is 21.3 Å². The third-order valence-corrected chi connectivity index (χ3v) is 4.05. The molecule has 0 bridgehead atoms. The molecule has 0 fully saturated rings. The molecule has 0 aromatic heterocycles. The van der Waals surface area contributed by atoms with Gasteiger partial charge in [0.05, 0.1) is 10.7 Å². The number of amides is 3. The van der Waals surface area contributed by atoms with Gasteiger partial charge in [-0.05, 0) is 29.8 Å². The van der Waals surface area contributed by atoms with E-state index in [9.17, 15) is 14.4 Å². The Hall–Kier alpha value is -2.83. The highest BCUT2D eigenvalue weighted by Crippen LogP contribution is 2.20. The third-order valence-electron chi connectivity index (χ3n) is 3.37. The Morgan fingerprint density at radius 1 is 0.815 bits per heavy atom. The molecule has 2 rings (SSSR count). The Labute approximate surface area is 166 Å². The third kappa shape index (κ3) is 7.13. The highest BCUT2D eigenvalue weighted by Gasteiger charge is 2.09. The first kappa shape index (κ1) is 20.5. The van der Waals surface area contributed by atoms with E-state index >= 15 is 0 Å². The molecule has 2 aromatic carbocycles. The second kappa shape index (κ2) is 10.4. The maximum absolute atomic E-state index is 11.8. The van der Waals surface area contributed by atoms with Crippen LogP contribution in [0.5, 0.6) is 0 Å². The highest BCUT2D eigenvalue weighted by atomic mass is 35.5. The molecule has 140 valence electrons. The molecule has 0 radical (unpaired) electrons. The summed E-state index contributed by atoms with van der Waals surface area (Å²) in [7, 11) is 0. The largest absolute Gasteiger partial charge is 0.325 e. The van der Waals surface area contributed by atoms with E-state index < -0.39 is 11.8 Å². The quantitative estimate of drug-likeness (QED) is 0.506. The number of carbonyl (C=O) groups is 3. The zero-order valence-corrected chi connectivity index (χ0v) is 15.7. The second-order valence-electron chi connectivity index (χ2n) is 5.42. The zero-order valence-electron chi connectivity index (χ0n) is 14.2. The van der Waals surface area contributed by atoms with Crippen LogP contribution in [0.3, 0.4) is 0 Å². The van der Waals surface area contributed by atoms with Gasteiger partial charge in [0.2, 0.25) is 11.8 Å². The Balaban J connectivity index is 1.71. The molecule has 6 nitrogen and oxygen atoms in total. The first-order valence-electron chi connectivity index (χ1n) is 8.01. The number of benzene rings is 2. The molecular weight excluding hydrogens is 389 g/mol. The number of hydrogen-bond acceptors (Lipinski definition) is 3. The van der Waals surface area contributed by atoms with E-state index in [4.69, 9.17) is 23.2 Å². The van der Waals surface area contributed by atoms with Gasteiger partial charge < -0.3 is 5.32 Å². The molecular formula is C19H17Cl2N3O3. The first-order valence-corrected chi connectivity index (χ1v) is 8.77. The van der Waals surface area contributed by atoms with E-state index in [-0.39, 0.29) is 18.7 Å². The van der Waals surface area contributed by atoms with E-state index in [2.05, 4.69) is 16.2 Å². The minimum absolute atomic E-state index is 0.0532. The van der Waals surface area contributed by atoms with Crippen molar-refractivity contribution in [1.29, 1.82) is 0 Å². The molecule has 0 atom stereocenters. The van der Waals surface area contributed by atoms with Crippen LogP contribution in [0.1, 0.15) is 18.4 Å². The molecule has 0 aliphatic rings. The van der Waals surface area contributed by atoms with Gasteiger partial charge in [-0.15, -0.1) is 0 Å². The number of nitrogens with one attached hydrogen (secondary N) is 3. The molecule has 3 N–H and O–H groups in total. The number of hydrogen-bond donors (Lipinski definition) is 3. The van der Waals surface area contributed by atoms with Gasteiger partial charge in [-0.25, -0.2) is 0 Å². The summed E-state index contributed by atoms with van der Waals surface area (Å²) in [4.78, 5) is 35.3. The molecule has 0 unspecified atom stereocenters. The molecule has 3 amide bonds. The van der Waals surface area contributed by atoms with Gasteiger partial charge in [0.25, 0.3) is 5.91 Å². The monoisotopic (exact) mass is 405 g/mol. The summed E-state index contributed by atoms with van der Waals surface area (Å²) in [6.07, 6.45) is 2.62. The number of para-hydroxylation sites is 1. The molecule has 27 heavy (non-hydrogen) atoms. The number of carbonyl (C=O) groups excluding carboxylic acids is 3. The van der Waals surface area contributed by atoms with E-state index in [0.717, 1.165) is 0 Å². The van der Waals surface area contributed by atoms with Crippen molar-refractivity contribution in [2.75, 3.05) is 5.32 Å². The SMILES string of the molecule is O=C(C=Cc1ccccc1Cl)NNC(=O)CCC(=O)Nc1ccccc1Cl. The lowest BCUT2D eigenvalue weighted by molar-refractivity contribution is -0.128. The molecule has 2 aromatic rings. The van der Waals surface area contributed by atoms with Gasteiger partial charge >= 0.3 is 0 Å². The van der Waals surface area contributed by atoms with Crippen LogP contribution in [0.2, 0.25) is 10.0 Å². The summed E-state index contributed by atoms with van der Waals surface area (Å²) >= 11 is 11.9. The van der Waals surface area contributed by atoms with Crippen molar-refractivity contribution in [3.8, 4) is 0 Å². The van der Waals surface area contributed by atoms with Crippen LogP contribution in [-0.4, -0.2) is 17.7 Å². The topological polar surface area (TPSA) is 87.3 Å². The first-order chi connectivity index (χ1) is 13.0. The molecule has 0 spiro atoms. The lowest BCUT2D eigenvalue weighted by Crippen LogP contribution is -2.41. The predicted octanol–water partition coefficient (Wildman–Crippen LogP) is 3.57. The van der Waals surface area contributed by atoms with Crippen LogP contribution in [-0.2, 0) is 14.4 Å². The number of halogens is 2. The van der Waals surface area contributed by atoms with Crippen molar-refractivity contribution in [2.45, 2.75) is 12.8 Å². The Morgan fingerprint density at radius 3 is 2.15 bits per heavy atom. The molecule has 0 saturated heterocycles. The van der Waals surface area contributed by atoms with Crippen molar-refractivity contribution in [3.05, 3.63) is 70.2 Å². The van der Waals surface area contributed by atoms with Crippen molar-refractivity contribution in [2.24, 2.45) is 0 Å². The Bertz CT molecular complexity index is 869. The standard InChI is InChI=1S/C19H17Cl2N3O3/c20-14-6-2-1-5-13(14)9-10-18(26)23-24-19(27)12-11-17(25)22-16-8-4-3-7-15(16)21/h1-10H,11-12H2,(H,22,25)(H,23,26)(H,24,27). The average Bonchev–Trinajstić information content (AvgIpc) is 2.66. The molecule has 8 heteroatoms. The Kier molecular flexibility index (Phi) is 7.85. The summed E-state index contributed by atoms with van der Waals surface area (Å²) in [5.74, 6) is -1.38. The van der Waals surface area contributed by atoms with Crippen molar-refractivity contribution >= 4 is 52.7 Å². The maximum Gasteiger partial charge on any atom is 0.262 e. The molecule has 0 heterocycles. The lowest BCUT2D eigenvalue weighted by atomic mass is 10.2. The summed E-state index contributed by atoms with van der Waals surface area (Å²) in [5, 5.41) is 3.53.